The van der Waals surface area contributed by atoms with Crippen molar-refractivity contribution in [2.75, 3.05) is 25.3 Å². The molecule has 3 aliphatic rings. The molecule has 2 fully saturated rings. The highest BCUT2D eigenvalue weighted by Crippen LogP contribution is 2.38. The lowest BCUT2D eigenvalue weighted by Gasteiger charge is -2.36. The summed E-state index contributed by atoms with van der Waals surface area (Å²) in [5.74, 6) is -0.707. The van der Waals surface area contributed by atoms with Gasteiger partial charge in [0.1, 0.15) is 12.1 Å². The molecule has 1 aromatic carbocycles. The topological polar surface area (TPSA) is 123 Å². The van der Waals surface area contributed by atoms with Gasteiger partial charge in [0, 0.05) is 11.8 Å². The number of amides is 4. The molecule has 10 nitrogen and oxygen atoms in total. The van der Waals surface area contributed by atoms with E-state index in [0.717, 1.165) is 24.2 Å². The van der Waals surface area contributed by atoms with Crippen LogP contribution in [0.3, 0.4) is 0 Å². The van der Waals surface area contributed by atoms with Crippen molar-refractivity contribution in [2.45, 2.75) is 38.1 Å². The van der Waals surface area contributed by atoms with E-state index in [2.05, 4.69) is 10.6 Å². The van der Waals surface area contributed by atoms with Crippen LogP contribution in [-0.2, 0) is 19.1 Å². The fourth-order valence-corrected chi connectivity index (χ4v) is 4.13. The predicted molar refractivity (Wildman–Crippen MR) is 103 cm³/mol. The second-order valence-electron chi connectivity index (χ2n) is 7.72. The molecular formula is C20H23N3O7. The lowest BCUT2D eigenvalue weighted by molar-refractivity contribution is -0.150. The van der Waals surface area contributed by atoms with Gasteiger partial charge in [-0.3, -0.25) is 19.3 Å². The molecule has 4 rings (SSSR count). The number of rotatable bonds is 5. The molecule has 0 unspecified atom stereocenters. The van der Waals surface area contributed by atoms with Crippen LogP contribution in [0.5, 0.6) is 11.5 Å². The van der Waals surface area contributed by atoms with Crippen molar-refractivity contribution in [3.8, 4) is 11.5 Å². The standard InChI is InChI=1S/C20H23N3O7/c1-12-4-2-3-7-20(12)18(26)23(19(27)22-20)9-17(25)28-10-16(24)21-13-5-6-14-15(8-13)30-11-29-14/h5-6,8,12H,2-4,7,9-11H2,1H3,(H,21,24)(H,22,27)/t12-,20-/m1/s1. The number of benzene rings is 1. The number of urea groups is 1. The minimum Gasteiger partial charge on any atom is -0.454 e. The van der Waals surface area contributed by atoms with Crippen LogP contribution in [-0.4, -0.2) is 54.2 Å². The van der Waals surface area contributed by atoms with Gasteiger partial charge < -0.3 is 24.8 Å². The molecule has 1 saturated heterocycles. The number of hydrogen-bond donors (Lipinski definition) is 2. The Bertz CT molecular complexity index is 902. The molecule has 0 aromatic heterocycles. The van der Waals surface area contributed by atoms with Crippen LogP contribution in [0.15, 0.2) is 18.2 Å². The minimum atomic E-state index is -0.938. The van der Waals surface area contributed by atoms with Gasteiger partial charge in [0.25, 0.3) is 11.8 Å². The number of ether oxygens (including phenoxy) is 3. The van der Waals surface area contributed by atoms with Crippen LogP contribution in [0.25, 0.3) is 0 Å². The largest absolute Gasteiger partial charge is 0.454 e. The summed E-state index contributed by atoms with van der Waals surface area (Å²) in [5.41, 5.74) is -0.477. The van der Waals surface area contributed by atoms with E-state index in [1.165, 1.54) is 0 Å². The van der Waals surface area contributed by atoms with Crippen molar-refractivity contribution in [2.24, 2.45) is 5.92 Å². The fourth-order valence-electron chi connectivity index (χ4n) is 4.13. The Kier molecular flexibility index (Phi) is 5.23. The van der Waals surface area contributed by atoms with Gasteiger partial charge in [0.05, 0.1) is 0 Å². The summed E-state index contributed by atoms with van der Waals surface area (Å²) < 4.78 is 15.4. The first-order chi connectivity index (χ1) is 14.4. The molecule has 2 aliphatic heterocycles. The van der Waals surface area contributed by atoms with Crippen molar-refractivity contribution in [3.63, 3.8) is 0 Å². The van der Waals surface area contributed by atoms with Gasteiger partial charge in [-0.05, 0) is 30.9 Å². The zero-order valence-corrected chi connectivity index (χ0v) is 16.6. The molecule has 30 heavy (non-hydrogen) atoms. The van der Waals surface area contributed by atoms with Crippen molar-refractivity contribution in [3.05, 3.63) is 18.2 Å². The zero-order chi connectivity index (χ0) is 21.3. The summed E-state index contributed by atoms with van der Waals surface area (Å²) in [6.45, 7) is 0.974. The third-order valence-electron chi connectivity index (χ3n) is 5.81. The van der Waals surface area contributed by atoms with Crippen molar-refractivity contribution in [1.29, 1.82) is 0 Å². The summed E-state index contributed by atoms with van der Waals surface area (Å²) in [6.07, 6.45) is 3.24. The molecule has 2 N–H and O–H groups in total. The lowest BCUT2D eigenvalue weighted by atomic mass is 9.73. The Hall–Kier alpha value is -3.30. The molecule has 0 radical (unpaired) electrons. The summed E-state index contributed by atoms with van der Waals surface area (Å²) in [6, 6.07) is 4.28. The number of hydrogen-bond acceptors (Lipinski definition) is 7. The summed E-state index contributed by atoms with van der Waals surface area (Å²) in [7, 11) is 0. The predicted octanol–water partition coefficient (Wildman–Crippen LogP) is 1.40. The van der Waals surface area contributed by atoms with Crippen molar-refractivity contribution in [1.82, 2.24) is 10.2 Å². The van der Waals surface area contributed by atoms with Crippen LogP contribution in [0, 0.1) is 5.92 Å². The van der Waals surface area contributed by atoms with Gasteiger partial charge in [-0.2, -0.15) is 0 Å². The van der Waals surface area contributed by atoms with Crippen molar-refractivity contribution >= 4 is 29.5 Å². The third-order valence-corrected chi connectivity index (χ3v) is 5.81. The number of nitrogens with one attached hydrogen (secondary N) is 2. The summed E-state index contributed by atoms with van der Waals surface area (Å²) in [5, 5.41) is 5.35. The average molecular weight is 417 g/mol. The number of nitrogens with zero attached hydrogens (tertiary/aromatic N) is 1. The second kappa shape index (κ2) is 7.85. The van der Waals surface area contributed by atoms with Gasteiger partial charge in [0.2, 0.25) is 6.79 Å². The van der Waals surface area contributed by atoms with Gasteiger partial charge in [-0.15, -0.1) is 0 Å². The van der Waals surface area contributed by atoms with E-state index in [-0.39, 0.29) is 12.7 Å². The number of carbonyl (C=O) groups excluding carboxylic acids is 4. The van der Waals surface area contributed by atoms with E-state index in [4.69, 9.17) is 14.2 Å². The van der Waals surface area contributed by atoms with Crippen LogP contribution >= 0.6 is 0 Å². The van der Waals surface area contributed by atoms with Gasteiger partial charge in [0.15, 0.2) is 18.1 Å². The Morgan fingerprint density at radius 2 is 2.07 bits per heavy atom. The van der Waals surface area contributed by atoms with Gasteiger partial charge in [-0.25, -0.2) is 4.79 Å². The highest BCUT2D eigenvalue weighted by Gasteiger charge is 2.55. The molecule has 1 aliphatic carbocycles. The first-order valence-corrected chi connectivity index (χ1v) is 9.88. The zero-order valence-electron chi connectivity index (χ0n) is 16.6. The maximum atomic E-state index is 12.8. The number of esters is 1. The van der Waals surface area contributed by atoms with Crippen LogP contribution < -0.4 is 20.1 Å². The van der Waals surface area contributed by atoms with E-state index in [0.29, 0.717) is 23.6 Å². The SMILES string of the molecule is C[C@@H]1CCCC[C@@]12NC(=O)N(CC(=O)OCC(=O)Nc1ccc3c(c1)OCO3)C2=O. The molecule has 10 heteroatoms. The van der Waals surface area contributed by atoms with Crippen LogP contribution in [0.1, 0.15) is 32.6 Å². The Morgan fingerprint density at radius 1 is 1.27 bits per heavy atom. The van der Waals surface area contributed by atoms with Gasteiger partial charge in [-0.1, -0.05) is 19.8 Å². The highest BCUT2D eigenvalue weighted by molar-refractivity contribution is 6.09. The lowest BCUT2D eigenvalue weighted by Crippen LogP contribution is -2.54. The molecular weight excluding hydrogens is 394 g/mol. The van der Waals surface area contributed by atoms with E-state index in [1.807, 2.05) is 6.92 Å². The molecule has 0 bridgehead atoms. The third kappa shape index (κ3) is 3.64. The van der Waals surface area contributed by atoms with Gasteiger partial charge >= 0.3 is 12.0 Å². The van der Waals surface area contributed by atoms with Crippen molar-refractivity contribution < 1.29 is 33.4 Å². The normalized spacial score (nSPS) is 24.7. The molecule has 2 atom stereocenters. The summed E-state index contributed by atoms with van der Waals surface area (Å²) >= 11 is 0. The second-order valence-corrected chi connectivity index (χ2v) is 7.72. The highest BCUT2D eigenvalue weighted by atomic mass is 16.7. The number of carbonyl (C=O) groups is 4. The Balaban J connectivity index is 1.29. The molecule has 1 spiro atoms. The number of imide groups is 1. The number of anilines is 1. The van der Waals surface area contributed by atoms with E-state index in [9.17, 15) is 19.2 Å². The van der Waals surface area contributed by atoms with Crippen LogP contribution in [0.2, 0.25) is 0 Å². The van der Waals surface area contributed by atoms with E-state index < -0.39 is 42.5 Å². The quantitative estimate of drug-likeness (QED) is 0.548. The molecule has 1 aromatic rings. The monoisotopic (exact) mass is 417 g/mol. The fraction of sp³-hybridized carbons (Fsp3) is 0.500. The molecule has 2 heterocycles. The molecule has 1 saturated carbocycles. The smallest absolute Gasteiger partial charge is 0.326 e. The van der Waals surface area contributed by atoms with E-state index >= 15 is 0 Å². The first kappa shape index (κ1) is 20.0. The maximum Gasteiger partial charge on any atom is 0.326 e. The van der Waals surface area contributed by atoms with Crippen LogP contribution in [0.4, 0.5) is 10.5 Å². The molecule has 160 valence electrons. The Labute approximate surface area is 172 Å². The Morgan fingerprint density at radius 3 is 2.87 bits per heavy atom. The minimum absolute atomic E-state index is 0.00352. The number of fused-ring (bicyclic) bond motifs is 1. The maximum absolute atomic E-state index is 12.8. The summed E-state index contributed by atoms with van der Waals surface area (Å²) in [4.78, 5) is 50.2. The van der Waals surface area contributed by atoms with E-state index in [1.54, 1.807) is 18.2 Å². The molecule has 4 amide bonds. The average Bonchev–Trinajstić information content (AvgIpc) is 3.27. The first-order valence-electron chi connectivity index (χ1n) is 9.88.